The summed E-state index contributed by atoms with van der Waals surface area (Å²) in [4.78, 5) is 39.5. The molecule has 1 fully saturated rings. The van der Waals surface area contributed by atoms with Gasteiger partial charge in [0.1, 0.15) is 6.23 Å². The molecule has 6 rings (SSSR count). The second-order valence-corrected chi connectivity index (χ2v) is 15.6. The number of halogens is 1. The van der Waals surface area contributed by atoms with Gasteiger partial charge >= 0.3 is 6.87 Å². The summed E-state index contributed by atoms with van der Waals surface area (Å²) < 4.78 is 28.6. The first-order chi connectivity index (χ1) is 23.5. The molecule has 1 amide bonds. The van der Waals surface area contributed by atoms with E-state index in [0.717, 1.165) is 16.7 Å². The van der Waals surface area contributed by atoms with E-state index in [-0.39, 0.29) is 35.5 Å². The lowest BCUT2D eigenvalue weighted by Crippen LogP contribution is -2.57. The minimum atomic E-state index is -3.63. The van der Waals surface area contributed by atoms with Gasteiger partial charge in [-0.15, -0.1) is 0 Å². The van der Waals surface area contributed by atoms with E-state index in [1.165, 1.54) is 11.0 Å². The predicted molar refractivity (Wildman–Crippen MR) is 189 cm³/mol. The lowest BCUT2D eigenvalue weighted by atomic mass is 9.75. The Labute approximate surface area is 289 Å². The quantitative estimate of drug-likeness (QED) is 0.129. The Balaban J connectivity index is 1.52. The molecule has 2 N–H and O–H groups in total. The lowest BCUT2D eigenvalue weighted by molar-refractivity contribution is -0.145. The van der Waals surface area contributed by atoms with Crippen molar-refractivity contribution in [2.24, 2.45) is 5.92 Å². The zero-order valence-corrected chi connectivity index (χ0v) is 29.3. The molecule has 0 saturated carbocycles. The molecule has 2 aromatic heterocycles. The molecule has 0 bridgehead atoms. The van der Waals surface area contributed by atoms with Gasteiger partial charge in [-0.05, 0) is 42.0 Å². The number of aromatic nitrogens is 4. The molecule has 1 aliphatic rings. The van der Waals surface area contributed by atoms with Gasteiger partial charge in [-0.25, -0.2) is 9.65 Å². The average molecular weight is 704 g/mol. The van der Waals surface area contributed by atoms with Gasteiger partial charge in [0.2, 0.25) is 11.9 Å². The zero-order chi connectivity index (χ0) is 34.8. The highest BCUT2D eigenvalue weighted by Crippen LogP contribution is 2.54. The van der Waals surface area contributed by atoms with Crippen molar-refractivity contribution >= 4 is 41.1 Å². The number of carbonyl (C=O) groups excluding carboxylic acids is 1. The summed E-state index contributed by atoms with van der Waals surface area (Å²) in [5, 5.41) is 2.68. The summed E-state index contributed by atoms with van der Waals surface area (Å²) in [5.41, 5.74) is 2.06. The Morgan fingerprint density at radius 2 is 1.57 bits per heavy atom. The Morgan fingerprint density at radius 3 is 2.08 bits per heavy atom. The molecular formula is C35H39ClN7O5P. The topological polar surface area (TPSA) is 135 Å². The molecule has 5 aromatic rings. The third-order valence-electron chi connectivity index (χ3n) is 8.61. The monoisotopic (exact) mass is 703 g/mol. The van der Waals surface area contributed by atoms with Crippen LogP contribution in [0.1, 0.15) is 36.8 Å². The third-order valence-corrected chi connectivity index (χ3v) is 11.2. The summed E-state index contributed by atoms with van der Waals surface area (Å²) in [6, 6.07) is 30.7. The fourth-order valence-corrected chi connectivity index (χ4v) is 6.92. The van der Waals surface area contributed by atoms with Crippen LogP contribution in [0.15, 0.2) is 102 Å². The number of hydrogen-bond donors (Lipinski definition) is 2. The van der Waals surface area contributed by atoms with Gasteiger partial charge in [-0.1, -0.05) is 105 Å². The first-order valence-corrected chi connectivity index (χ1v) is 18.5. The summed E-state index contributed by atoms with van der Waals surface area (Å²) in [6.07, 6.45) is 0.120. The van der Waals surface area contributed by atoms with Gasteiger partial charge in [0.15, 0.2) is 11.2 Å². The van der Waals surface area contributed by atoms with E-state index in [1.807, 2.05) is 54.6 Å². The van der Waals surface area contributed by atoms with E-state index in [4.69, 9.17) is 20.5 Å². The molecule has 0 aliphatic carbocycles. The van der Waals surface area contributed by atoms with Crippen molar-refractivity contribution in [3.05, 3.63) is 124 Å². The van der Waals surface area contributed by atoms with E-state index in [0.29, 0.717) is 13.1 Å². The maximum atomic E-state index is 13.1. The number of anilines is 1. The van der Waals surface area contributed by atoms with Gasteiger partial charge in [0.25, 0.3) is 5.56 Å². The molecule has 1 saturated heterocycles. The molecule has 3 atom stereocenters. The minimum absolute atomic E-state index is 0.00626. The fourth-order valence-electron chi connectivity index (χ4n) is 6.17. The van der Waals surface area contributed by atoms with Gasteiger partial charge in [0.05, 0.1) is 24.6 Å². The van der Waals surface area contributed by atoms with E-state index in [1.54, 1.807) is 32.5 Å². The van der Waals surface area contributed by atoms with Gasteiger partial charge < -0.3 is 9.26 Å². The average Bonchev–Trinajstić information content (AvgIpc) is 3.54. The van der Waals surface area contributed by atoms with Crippen molar-refractivity contribution in [2.45, 2.75) is 31.7 Å². The Hall–Kier alpha value is -4.16. The standard InChI is InChI=1S/C35H39ClN7O5P/c1-24(2)32(44)39-34-38-31-30(33(45)40-34)37-23-43(31)29-21-42(20-28(48-29)22-47-49(36,46)41(3)4)35(25-14-8-5-9-15-25,26-16-10-6-11-17-26)27-18-12-7-13-19-27/h5-19,23-24,28-29H,20-22H2,1-4H3,(H2,38,39,40,44,45)/t28-,29?,49?/m0/s1. The van der Waals surface area contributed by atoms with Crippen LogP contribution < -0.4 is 10.9 Å². The molecule has 0 radical (unpaired) electrons. The first kappa shape index (κ1) is 34.7. The van der Waals surface area contributed by atoms with E-state index >= 15 is 0 Å². The molecular weight excluding hydrogens is 665 g/mol. The molecule has 3 aromatic carbocycles. The van der Waals surface area contributed by atoms with E-state index in [2.05, 4.69) is 61.6 Å². The smallest absolute Gasteiger partial charge is 0.350 e. The number of hydrogen-bond acceptors (Lipinski definition) is 8. The van der Waals surface area contributed by atoms with Gasteiger partial charge in [-0.2, -0.15) is 4.98 Å². The predicted octanol–water partition coefficient (Wildman–Crippen LogP) is 5.83. The molecule has 49 heavy (non-hydrogen) atoms. The first-order valence-electron chi connectivity index (χ1n) is 16.0. The molecule has 0 spiro atoms. The number of benzene rings is 3. The molecule has 256 valence electrons. The van der Waals surface area contributed by atoms with Crippen molar-refractivity contribution in [3.8, 4) is 0 Å². The highest BCUT2D eigenvalue weighted by molar-refractivity contribution is 7.83. The van der Waals surface area contributed by atoms with Crippen molar-refractivity contribution in [2.75, 3.05) is 39.1 Å². The van der Waals surface area contributed by atoms with Crippen LogP contribution in [-0.2, 0) is 24.2 Å². The normalized spacial score (nSPS) is 18.5. The number of nitrogens with one attached hydrogen (secondary N) is 2. The lowest BCUT2D eigenvalue weighted by Gasteiger charge is -2.50. The van der Waals surface area contributed by atoms with Crippen molar-refractivity contribution in [3.63, 3.8) is 0 Å². The number of fused-ring (bicyclic) bond motifs is 1. The summed E-state index contributed by atoms with van der Waals surface area (Å²) in [7, 11) is 3.18. The second-order valence-electron chi connectivity index (χ2n) is 12.4. The highest BCUT2D eigenvalue weighted by Gasteiger charge is 2.47. The molecule has 2 unspecified atom stereocenters. The number of amides is 1. The number of imidazole rings is 1. The van der Waals surface area contributed by atoms with Crippen LogP contribution in [0.2, 0.25) is 0 Å². The zero-order valence-electron chi connectivity index (χ0n) is 27.7. The number of carbonyl (C=O) groups is 1. The Bertz CT molecular complexity index is 1910. The maximum Gasteiger partial charge on any atom is 0.362 e. The molecule has 3 heterocycles. The SMILES string of the molecule is CC(C)C(=O)Nc1nc2c(ncn2C2CN(C(c3ccccc3)(c3ccccc3)c3ccccc3)C[C@@H](COP(=O)(Cl)N(C)C)O2)c(=O)[nH]1. The Morgan fingerprint density at radius 1 is 1.02 bits per heavy atom. The summed E-state index contributed by atoms with van der Waals surface area (Å²) >= 11 is 6.31. The van der Waals surface area contributed by atoms with Crippen LogP contribution in [-0.4, -0.2) is 74.9 Å². The minimum Gasteiger partial charge on any atom is -0.350 e. The third kappa shape index (κ3) is 6.98. The van der Waals surface area contributed by atoms with Crippen LogP contribution in [0.5, 0.6) is 0 Å². The van der Waals surface area contributed by atoms with Crippen LogP contribution in [0.25, 0.3) is 11.2 Å². The van der Waals surface area contributed by atoms with E-state index < -0.39 is 30.3 Å². The van der Waals surface area contributed by atoms with Crippen LogP contribution >= 0.6 is 18.1 Å². The number of ether oxygens (including phenoxy) is 1. The van der Waals surface area contributed by atoms with Gasteiger partial charge in [-0.3, -0.25) is 33.9 Å². The number of H-pyrrole nitrogens is 1. The number of morpholine rings is 1. The number of nitrogens with zero attached hydrogens (tertiary/aromatic N) is 5. The Kier molecular flexibility index (Phi) is 10.2. The van der Waals surface area contributed by atoms with Crippen LogP contribution in [0, 0.1) is 5.92 Å². The van der Waals surface area contributed by atoms with E-state index in [9.17, 15) is 14.2 Å². The molecule has 14 heteroatoms. The molecule has 12 nitrogen and oxygen atoms in total. The van der Waals surface area contributed by atoms with Crippen molar-refractivity contribution in [1.29, 1.82) is 0 Å². The van der Waals surface area contributed by atoms with Crippen LogP contribution in [0.4, 0.5) is 5.95 Å². The number of aromatic amines is 1. The van der Waals surface area contributed by atoms with Crippen molar-refractivity contribution in [1.82, 2.24) is 29.1 Å². The van der Waals surface area contributed by atoms with Crippen LogP contribution in [0.3, 0.4) is 0 Å². The highest BCUT2D eigenvalue weighted by atomic mass is 35.7. The second kappa shape index (κ2) is 14.4. The maximum absolute atomic E-state index is 13.1. The summed E-state index contributed by atoms with van der Waals surface area (Å²) in [6.45, 7) is 0.450. The largest absolute Gasteiger partial charge is 0.362 e. The summed E-state index contributed by atoms with van der Waals surface area (Å²) in [5.74, 6) is -0.619. The van der Waals surface area contributed by atoms with Gasteiger partial charge in [0, 0.05) is 19.0 Å². The fraction of sp³-hybridized carbons (Fsp3) is 0.314. The number of rotatable bonds is 11. The van der Waals surface area contributed by atoms with Crippen molar-refractivity contribution < 1.29 is 18.6 Å². The molecule has 1 aliphatic heterocycles.